The number of fused-ring (bicyclic) bond motifs is 3. The molecule has 0 saturated heterocycles. The lowest BCUT2D eigenvalue weighted by molar-refractivity contribution is 0.0935. The second-order valence-electron chi connectivity index (χ2n) is 8.26. The number of rotatable bonds is 7. The average Bonchev–Trinajstić information content (AvgIpc) is 3.26. The van der Waals surface area contributed by atoms with Crippen LogP contribution < -0.4 is 26.0 Å². The number of benzene rings is 2. The van der Waals surface area contributed by atoms with E-state index in [1.807, 2.05) is 19.9 Å². The molecular formula is C22H26Cl2N4O3. The number of ether oxygens (including phenoxy) is 2. The number of halogens is 2. The molecule has 1 unspecified atom stereocenters. The Kier molecular flexibility index (Phi) is 6.10. The summed E-state index contributed by atoms with van der Waals surface area (Å²) in [6.45, 7) is 5.15. The van der Waals surface area contributed by atoms with Crippen LogP contribution in [0, 0.1) is 0 Å². The van der Waals surface area contributed by atoms with Crippen LogP contribution in [0.4, 0.5) is 17.1 Å². The van der Waals surface area contributed by atoms with Gasteiger partial charge in [0.25, 0.3) is 5.91 Å². The smallest absolute Gasteiger partial charge is 0.255 e. The molecule has 2 aromatic carbocycles. The molecule has 0 spiro atoms. The van der Waals surface area contributed by atoms with Gasteiger partial charge in [0, 0.05) is 32.2 Å². The van der Waals surface area contributed by atoms with Gasteiger partial charge in [-0.25, -0.2) is 0 Å². The highest BCUT2D eigenvalue weighted by Gasteiger charge is 2.39. The number of para-hydroxylation sites is 1. The minimum absolute atomic E-state index is 0.166. The van der Waals surface area contributed by atoms with Crippen molar-refractivity contribution < 1.29 is 14.3 Å². The van der Waals surface area contributed by atoms with Gasteiger partial charge in [0.05, 0.1) is 32.7 Å². The Morgan fingerprint density at radius 2 is 2.03 bits per heavy atom. The van der Waals surface area contributed by atoms with Crippen LogP contribution in [0.15, 0.2) is 24.3 Å². The Morgan fingerprint density at radius 3 is 2.74 bits per heavy atom. The summed E-state index contributed by atoms with van der Waals surface area (Å²) in [6, 6.07) is 7.17. The van der Waals surface area contributed by atoms with Crippen LogP contribution in [-0.2, 0) is 11.2 Å². The van der Waals surface area contributed by atoms with Gasteiger partial charge in [0.2, 0.25) is 0 Å². The van der Waals surface area contributed by atoms with Gasteiger partial charge in [0.15, 0.2) is 6.29 Å². The summed E-state index contributed by atoms with van der Waals surface area (Å²) in [5.41, 5.74) is 3.46. The van der Waals surface area contributed by atoms with Crippen LogP contribution in [0.2, 0.25) is 10.0 Å². The quantitative estimate of drug-likeness (QED) is 0.444. The van der Waals surface area contributed by atoms with Gasteiger partial charge < -0.3 is 30.7 Å². The van der Waals surface area contributed by atoms with Crippen molar-refractivity contribution in [3.8, 4) is 5.75 Å². The van der Waals surface area contributed by atoms with Crippen LogP contribution in [0.25, 0.3) is 0 Å². The third kappa shape index (κ3) is 4.49. The Hall–Kier alpha value is -2.35. The molecule has 2 aliphatic heterocycles. The van der Waals surface area contributed by atoms with Gasteiger partial charge in [0.1, 0.15) is 11.4 Å². The van der Waals surface area contributed by atoms with Crippen LogP contribution in [0.1, 0.15) is 36.2 Å². The predicted octanol–water partition coefficient (Wildman–Crippen LogP) is 4.71. The molecule has 1 amide bonds. The second kappa shape index (κ2) is 8.65. The van der Waals surface area contributed by atoms with Crippen molar-refractivity contribution in [3.05, 3.63) is 45.4 Å². The maximum atomic E-state index is 12.9. The van der Waals surface area contributed by atoms with Crippen molar-refractivity contribution in [2.24, 2.45) is 0 Å². The van der Waals surface area contributed by atoms with Gasteiger partial charge in [-0.05, 0) is 38.5 Å². The van der Waals surface area contributed by atoms with Crippen molar-refractivity contribution in [1.82, 2.24) is 5.32 Å². The molecule has 0 radical (unpaired) electrons. The standard InChI is InChI=1S/C22H26Cl2N4O3/c1-22(2)11-13-17-16(10-12(19(13)31-22)20(29)25-8-5-9-30-3)26-21(27-17)28-18-14(23)6-4-7-15(18)24/h4,6-7,10,21,26-28H,5,8-9,11H2,1-3H3,(H,25,29). The molecule has 4 N–H and O–H groups in total. The number of hydrogen-bond acceptors (Lipinski definition) is 6. The van der Waals surface area contributed by atoms with E-state index in [9.17, 15) is 4.79 Å². The Labute approximate surface area is 191 Å². The largest absolute Gasteiger partial charge is 0.486 e. The van der Waals surface area contributed by atoms with Crippen molar-refractivity contribution in [2.75, 3.05) is 36.2 Å². The fourth-order valence-corrected chi connectivity index (χ4v) is 4.40. The number of hydrogen-bond donors (Lipinski definition) is 4. The first-order valence-corrected chi connectivity index (χ1v) is 10.9. The van der Waals surface area contributed by atoms with Crippen LogP contribution in [0.5, 0.6) is 5.75 Å². The molecule has 0 aliphatic carbocycles. The van der Waals surface area contributed by atoms with Gasteiger partial charge in [-0.3, -0.25) is 4.79 Å². The van der Waals surface area contributed by atoms with Crippen LogP contribution >= 0.6 is 23.2 Å². The summed E-state index contributed by atoms with van der Waals surface area (Å²) in [5.74, 6) is 0.457. The normalized spacial score (nSPS) is 17.8. The zero-order chi connectivity index (χ0) is 22.2. The van der Waals surface area contributed by atoms with E-state index in [1.165, 1.54) is 0 Å². The van der Waals surface area contributed by atoms with E-state index in [1.54, 1.807) is 25.3 Å². The highest BCUT2D eigenvalue weighted by molar-refractivity contribution is 6.39. The number of carbonyl (C=O) groups excluding carboxylic acids is 1. The Bertz CT molecular complexity index is 992. The van der Waals surface area contributed by atoms with Gasteiger partial charge in [-0.2, -0.15) is 0 Å². The zero-order valence-electron chi connectivity index (χ0n) is 17.7. The molecule has 2 heterocycles. The molecule has 7 nitrogen and oxygen atoms in total. The van der Waals surface area contributed by atoms with Gasteiger partial charge >= 0.3 is 0 Å². The third-order valence-corrected chi connectivity index (χ3v) is 5.88. The topological polar surface area (TPSA) is 83.7 Å². The molecule has 0 bridgehead atoms. The fraction of sp³-hybridized carbons (Fsp3) is 0.409. The molecule has 4 rings (SSSR count). The molecule has 0 aromatic heterocycles. The minimum Gasteiger partial charge on any atom is -0.486 e. The minimum atomic E-state index is -0.401. The van der Waals surface area contributed by atoms with E-state index >= 15 is 0 Å². The summed E-state index contributed by atoms with van der Waals surface area (Å²) in [4.78, 5) is 12.9. The maximum Gasteiger partial charge on any atom is 0.255 e. The summed E-state index contributed by atoms with van der Waals surface area (Å²) in [5, 5.41) is 14.1. The molecule has 0 saturated carbocycles. The van der Waals surface area contributed by atoms with E-state index in [0.29, 0.717) is 46.6 Å². The number of carbonyl (C=O) groups is 1. The highest BCUT2D eigenvalue weighted by atomic mass is 35.5. The fourth-order valence-electron chi connectivity index (χ4n) is 3.89. The number of methoxy groups -OCH3 is 1. The summed E-state index contributed by atoms with van der Waals surface area (Å²) >= 11 is 12.6. The van der Waals surface area contributed by atoms with E-state index < -0.39 is 5.60 Å². The van der Waals surface area contributed by atoms with Crippen molar-refractivity contribution in [3.63, 3.8) is 0 Å². The highest BCUT2D eigenvalue weighted by Crippen LogP contribution is 2.48. The summed E-state index contributed by atoms with van der Waals surface area (Å²) in [6.07, 6.45) is 1.08. The number of anilines is 3. The van der Waals surface area contributed by atoms with Crippen molar-refractivity contribution in [1.29, 1.82) is 0 Å². The molecule has 1 atom stereocenters. The molecule has 2 aliphatic rings. The SMILES string of the molecule is COCCCNC(=O)c1cc2c(c3c1OC(C)(C)C3)NC(Nc1c(Cl)cccc1Cl)N2. The number of nitrogens with one attached hydrogen (secondary N) is 4. The molecule has 0 fully saturated rings. The first kappa shape index (κ1) is 21.9. The lowest BCUT2D eigenvalue weighted by Gasteiger charge is -2.19. The Morgan fingerprint density at radius 1 is 1.29 bits per heavy atom. The average molecular weight is 465 g/mol. The molecular weight excluding hydrogens is 439 g/mol. The van der Waals surface area contributed by atoms with Crippen LogP contribution in [0.3, 0.4) is 0 Å². The second-order valence-corrected chi connectivity index (χ2v) is 9.07. The van der Waals surface area contributed by atoms with Crippen molar-refractivity contribution in [2.45, 2.75) is 38.6 Å². The summed E-state index contributed by atoms with van der Waals surface area (Å²) in [7, 11) is 1.64. The van der Waals surface area contributed by atoms with E-state index in [4.69, 9.17) is 32.7 Å². The first-order valence-electron chi connectivity index (χ1n) is 10.2. The van der Waals surface area contributed by atoms with Gasteiger partial charge in [-0.1, -0.05) is 29.3 Å². The molecule has 166 valence electrons. The van der Waals surface area contributed by atoms with Gasteiger partial charge in [-0.15, -0.1) is 0 Å². The summed E-state index contributed by atoms with van der Waals surface area (Å²) < 4.78 is 11.2. The molecule has 2 aromatic rings. The zero-order valence-corrected chi connectivity index (χ0v) is 19.2. The predicted molar refractivity (Wildman–Crippen MR) is 125 cm³/mol. The van der Waals surface area contributed by atoms with Crippen LogP contribution in [-0.4, -0.2) is 38.1 Å². The third-order valence-electron chi connectivity index (χ3n) is 5.25. The molecule has 9 heteroatoms. The molecule has 31 heavy (non-hydrogen) atoms. The monoisotopic (exact) mass is 464 g/mol. The first-order chi connectivity index (χ1) is 14.8. The number of amides is 1. The maximum absolute atomic E-state index is 12.9. The lowest BCUT2D eigenvalue weighted by Crippen LogP contribution is -2.32. The van der Waals surface area contributed by atoms with Crippen molar-refractivity contribution >= 4 is 46.2 Å². The van der Waals surface area contributed by atoms with E-state index in [2.05, 4.69) is 21.3 Å². The lowest BCUT2D eigenvalue weighted by atomic mass is 9.97. The van der Waals surface area contributed by atoms with E-state index in [0.717, 1.165) is 23.4 Å². The van der Waals surface area contributed by atoms with E-state index in [-0.39, 0.29) is 12.2 Å². The Balaban J connectivity index is 1.60.